The Morgan fingerprint density at radius 3 is 2.19 bits per heavy atom. The Hall–Kier alpha value is -4.06. The molecule has 1 N–H and O–H groups in total. The van der Waals surface area contributed by atoms with Crippen LogP contribution < -0.4 is 19.5 Å². The number of hydrogen-bond donors (Lipinski definition) is 1. The first-order valence-corrected chi connectivity index (χ1v) is 9.63. The van der Waals surface area contributed by atoms with Crippen LogP contribution in [-0.2, 0) is 0 Å². The van der Waals surface area contributed by atoms with Crippen molar-refractivity contribution in [1.29, 1.82) is 0 Å². The zero-order valence-corrected chi connectivity index (χ0v) is 17.7. The van der Waals surface area contributed by atoms with E-state index in [1.165, 1.54) is 0 Å². The molecular formula is C25H24N2O4. The van der Waals surface area contributed by atoms with Crippen molar-refractivity contribution in [2.45, 2.75) is 6.92 Å². The summed E-state index contributed by atoms with van der Waals surface area (Å²) in [6, 6.07) is 19.7. The number of ether oxygens (including phenoxy) is 3. The van der Waals surface area contributed by atoms with Crippen molar-refractivity contribution >= 4 is 29.8 Å². The van der Waals surface area contributed by atoms with Gasteiger partial charge in [0.25, 0.3) is 5.91 Å². The first kappa shape index (κ1) is 21.6. The smallest absolute Gasteiger partial charge is 0.255 e. The van der Waals surface area contributed by atoms with Gasteiger partial charge < -0.3 is 19.5 Å². The Labute approximate surface area is 181 Å². The summed E-state index contributed by atoms with van der Waals surface area (Å²) in [4.78, 5) is 16.4. The first-order chi connectivity index (χ1) is 15.1. The van der Waals surface area contributed by atoms with Gasteiger partial charge in [-0.2, -0.15) is 0 Å². The third-order valence-corrected chi connectivity index (χ3v) is 4.58. The van der Waals surface area contributed by atoms with Crippen molar-refractivity contribution < 1.29 is 19.0 Å². The predicted molar refractivity (Wildman–Crippen MR) is 124 cm³/mol. The van der Waals surface area contributed by atoms with Crippen molar-refractivity contribution in [1.82, 2.24) is 0 Å². The molecule has 0 aliphatic carbocycles. The van der Waals surface area contributed by atoms with Crippen LogP contribution in [0, 0.1) is 0 Å². The molecule has 0 aliphatic heterocycles. The van der Waals surface area contributed by atoms with Crippen LogP contribution in [0.15, 0.2) is 77.8 Å². The normalized spacial score (nSPS) is 10.9. The molecule has 158 valence electrons. The van der Waals surface area contributed by atoms with Gasteiger partial charge in [-0.1, -0.05) is 18.2 Å². The first-order valence-electron chi connectivity index (χ1n) is 9.63. The second-order valence-electron chi connectivity index (χ2n) is 6.48. The molecule has 0 unspecified atom stereocenters. The van der Waals surface area contributed by atoms with Gasteiger partial charge in [0.1, 0.15) is 11.5 Å². The minimum atomic E-state index is -0.171. The maximum atomic E-state index is 12.3. The largest absolute Gasteiger partial charge is 0.493 e. The van der Waals surface area contributed by atoms with E-state index in [2.05, 4.69) is 17.0 Å². The van der Waals surface area contributed by atoms with Crippen LogP contribution in [0.3, 0.4) is 0 Å². The van der Waals surface area contributed by atoms with Crippen molar-refractivity contribution in [2.24, 2.45) is 4.99 Å². The summed E-state index contributed by atoms with van der Waals surface area (Å²) in [6.45, 7) is 5.51. The van der Waals surface area contributed by atoms with E-state index < -0.39 is 0 Å². The van der Waals surface area contributed by atoms with Crippen LogP contribution in [0.1, 0.15) is 22.8 Å². The standard InChI is InChI=1S/C25H24N2O4/c1-5-22(20-15-23(29-3)24(30-4)16-21(20)26-2)31-19-13-11-18(12-14-19)27-25(28)17-9-7-6-8-10-17/h5-16H,2H2,1,3-4H3,(H,27,28)/b22-5+. The van der Waals surface area contributed by atoms with Gasteiger partial charge >= 0.3 is 0 Å². The fourth-order valence-corrected chi connectivity index (χ4v) is 2.99. The van der Waals surface area contributed by atoms with Crippen LogP contribution in [-0.4, -0.2) is 26.8 Å². The lowest BCUT2D eigenvalue weighted by atomic mass is 10.1. The quantitative estimate of drug-likeness (QED) is 0.376. The van der Waals surface area contributed by atoms with Crippen molar-refractivity contribution in [2.75, 3.05) is 19.5 Å². The van der Waals surface area contributed by atoms with Crippen LogP contribution in [0.4, 0.5) is 11.4 Å². The summed E-state index contributed by atoms with van der Waals surface area (Å²) in [5, 5.41) is 2.87. The van der Waals surface area contributed by atoms with E-state index >= 15 is 0 Å². The van der Waals surface area contributed by atoms with Gasteiger partial charge in [-0.3, -0.25) is 9.79 Å². The third-order valence-electron chi connectivity index (χ3n) is 4.58. The lowest BCUT2D eigenvalue weighted by Crippen LogP contribution is -2.11. The number of nitrogens with one attached hydrogen (secondary N) is 1. The van der Waals surface area contributed by atoms with E-state index in [0.29, 0.717) is 39.9 Å². The molecule has 0 aromatic heterocycles. The van der Waals surface area contributed by atoms with Crippen LogP contribution >= 0.6 is 0 Å². The molecule has 0 fully saturated rings. The predicted octanol–water partition coefficient (Wildman–Crippen LogP) is 5.73. The third kappa shape index (κ3) is 5.11. The van der Waals surface area contributed by atoms with Crippen molar-refractivity contribution in [3.05, 3.63) is 83.9 Å². The van der Waals surface area contributed by atoms with E-state index in [9.17, 15) is 4.79 Å². The van der Waals surface area contributed by atoms with Crippen LogP contribution in [0.25, 0.3) is 5.76 Å². The number of amides is 1. The molecule has 3 aromatic rings. The van der Waals surface area contributed by atoms with E-state index in [1.807, 2.05) is 31.2 Å². The molecule has 0 saturated carbocycles. The van der Waals surface area contributed by atoms with E-state index in [1.54, 1.807) is 62.8 Å². The maximum absolute atomic E-state index is 12.3. The van der Waals surface area contributed by atoms with Gasteiger partial charge in [0.15, 0.2) is 11.5 Å². The molecule has 1 amide bonds. The van der Waals surface area contributed by atoms with Gasteiger partial charge in [-0.15, -0.1) is 0 Å². The molecule has 0 radical (unpaired) electrons. The zero-order chi connectivity index (χ0) is 22.2. The summed E-state index contributed by atoms with van der Waals surface area (Å²) in [6.07, 6.45) is 1.83. The molecule has 0 atom stereocenters. The summed E-state index contributed by atoms with van der Waals surface area (Å²) < 4.78 is 16.8. The number of carbonyl (C=O) groups excluding carboxylic acids is 1. The van der Waals surface area contributed by atoms with E-state index in [4.69, 9.17) is 14.2 Å². The van der Waals surface area contributed by atoms with Crippen molar-refractivity contribution in [3.63, 3.8) is 0 Å². The molecule has 0 bridgehead atoms. The summed E-state index contributed by atoms with van der Waals surface area (Å²) >= 11 is 0. The lowest BCUT2D eigenvalue weighted by molar-refractivity contribution is 0.102. The molecular weight excluding hydrogens is 392 g/mol. The molecule has 0 spiro atoms. The second-order valence-corrected chi connectivity index (χ2v) is 6.48. The highest BCUT2D eigenvalue weighted by atomic mass is 16.5. The SMILES string of the molecule is C=Nc1cc(OC)c(OC)cc1/C(=C\C)Oc1ccc(NC(=O)c2ccccc2)cc1. The monoisotopic (exact) mass is 416 g/mol. The number of carbonyl (C=O) groups is 1. The minimum Gasteiger partial charge on any atom is -0.493 e. The fourth-order valence-electron chi connectivity index (χ4n) is 2.99. The summed E-state index contributed by atoms with van der Waals surface area (Å²) in [7, 11) is 3.14. The Balaban J connectivity index is 1.78. The van der Waals surface area contributed by atoms with Gasteiger partial charge in [-0.25, -0.2) is 0 Å². The van der Waals surface area contributed by atoms with Gasteiger partial charge in [0, 0.05) is 22.9 Å². The van der Waals surface area contributed by atoms with Gasteiger partial charge in [0.2, 0.25) is 0 Å². The molecule has 0 aliphatic rings. The highest BCUT2D eigenvalue weighted by molar-refractivity contribution is 6.04. The number of benzene rings is 3. The highest BCUT2D eigenvalue weighted by Gasteiger charge is 2.15. The molecule has 6 heteroatoms. The number of rotatable bonds is 8. The minimum absolute atomic E-state index is 0.171. The maximum Gasteiger partial charge on any atom is 0.255 e. The Kier molecular flexibility index (Phi) is 7.06. The highest BCUT2D eigenvalue weighted by Crippen LogP contribution is 2.38. The van der Waals surface area contributed by atoms with E-state index in [0.717, 1.165) is 5.56 Å². The lowest BCUT2D eigenvalue weighted by Gasteiger charge is -2.16. The molecule has 3 rings (SSSR count). The zero-order valence-electron chi connectivity index (χ0n) is 17.7. The summed E-state index contributed by atoms with van der Waals surface area (Å²) in [5.74, 6) is 2.14. The topological polar surface area (TPSA) is 69.2 Å². The van der Waals surface area contributed by atoms with E-state index in [-0.39, 0.29) is 5.91 Å². The number of aliphatic imine (C=N–C) groups is 1. The average Bonchev–Trinajstić information content (AvgIpc) is 2.83. The summed E-state index contributed by atoms with van der Waals surface area (Å²) in [5.41, 5.74) is 2.59. The number of anilines is 1. The fraction of sp³-hybridized carbons (Fsp3) is 0.120. The molecule has 3 aromatic carbocycles. The molecule has 6 nitrogen and oxygen atoms in total. The number of methoxy groups -OCH3 is 2. The Bertz CT molecular complexity index is 1090. The van der Waals surface area contributed by atoms with Crippen LogP contribution in [0.5, 0.6) is 17.2 Å². The van der Waals surface area contributed by atoms with Crippen molar-refractivity contribution in [3.8, 4) is 17.2 Å². The average molecular weight is 416 g/mol. The van der Waals surface area contributed by atoms with Gasteiger partial charge in [-0.05, 0) is 62.2 Å². The Morgan fingerprint density at radius 1 is 0.968 bits per heavy atom. The molecule has 0 heterocycles. The van der Waals surface area contributed by atoms with Gasteiger partial charge in [0.05, 0.1) is 19.9 Å². The second kappa shape index (κ2) is 10.1. The molecule has 31 heavy (non-hydrogen) atoms. The number of nitrogens with zero attached hydrogens (tertiary/aromatic N) is 1. The number of allylic oxidation sites excluding steroid dienone is 1. The molecule has 0 saturated heterocycles. The Morgan fingerprint density at radius 2 is 1.61 bits per heavy atom. The number of hydrogen-bond acceptors (Lipinski definition) is 5. The van der Waals surface area contributed by atoms with Crippen LogP contribution in [0.2, 0.25) is 0 Å².